The van der Waals surface area contributed by atoms with Crippen LogP contribution in [-0.4, -0.2) is 41.6 Å². The highest BCUT2D eigenvalue weighted by molar-refractivity contribution is 7.98. The molecule has 8 heteroatoms. The Balaban J connectivity index is 1.63. The summed E-state index contributed by atoms with van der Waals surface area (Å²) in [6.45, 7) is 6.67. The van der Waals surface area contributed by atoms with E-state index in [2.05, 4.69) is 59.8 Å². The van der Waals surface area contributed by atoms with Crippen LogP contribution >= 0.6 is 11.8 Å². The third-order valence-electron chi connectivity index (χ3n) is 6.66. The van der Waals surface area contributed by atoms with E-state index < -0.39 is 10.0 Å². The van der Waals surface area contributed by atoms with Gasteiger partial charge in [-0.1, -0.05) is 88.2 Å². The average Bonchev–Trinajstić information content (AvgIpc) is 3.27. The molecular formula is C27H36N4O2S2. The second kappa shape index (κ2) is 10.4. The van der Waals surface area contributed by atoms with E-state index in [4.69, 9.17) is 0 Å². The SMILES string of the molecule is CN(C)S(=O)(=O)c1cccc(CSc2nnc(-c3ccc(C(C)(C)C)cc3)n2C2CCCCC2)c1. The van der Waals surface area contributed by atoms with Gasteiger partial charge < -0.3 is 0 Å². The van der Waals surface area contributed by atoms with Gasteiger partial charge in [0.2, 0.25) is 10.0 Å². The number of benzene rings is 2. The average molecular weight is 513 g/mol. The largest absolute Gasteiger partial charge is 0.299 e. The monoisotopic (exact) mass is 512 g/mol. The molecule has 0 bridgehead atoms. The maximum Gasteiger partial charge on any atom is 0.242 e. The molecule has 0 spiro atoms. The van der Waals surface area contributed by atoms with Gasteiger partial charge in [-0.15, -0.1) is 10.2 Å². The zero-order chi connectivity index (χ0) is 25.2. The highest BCUT2D eigenvalue weighted by atomic mass is 32.2. The van der Waals surface area contributed by atoms with Gasteiger partial charge in [0.05, 0.1) is 4.90 Å². The molecule has 6 nitrogen and oxygen atoms in total. The van der Waals surface area contributed by atoms with Crippen molar-refractivity contribution < 1.29 is 8.42 Å². The van der Waals surface area contributed by atoms with Gasteiger partial charge in [-0.3, -0.25) is 4.57 Å². The normalized spacial score (nSPS) is 15.6. The minimum Gasteiger partial charge on any atom is -0.299 e. The number of hydrogen-bond donors (Lipinski definition) is 0. The molecule has 0 saturated heterocycles. The van der Waals surface area contributed by atoms with Crippen molar-refractivity contribution in [3.05, 3.63) is 59.7 Å². The third kappa shape index (κ3) is 5.81. The molecule has 4 rings (SSSR count). The summed E-state index contributed by atoms with van der Waals surface area (Å²) in [5.74, 6) is 1.55. The third-order valence-corrected chi connectivity index (χ3v) is 9.48. The standard InChI is InChI=1S/C27H36N4O2S2/c1-27(2,3)22-16-14-21(15-17-22)25-28-29-26(31(25)23-11-7-6-8-12-23)34-19-20-10-9-13-24(18-20)35(32,33)30(4)5/h9-10,13-18,23H,6-8,11-12,19H2,1-5H3. The molecule has 188 valence electrons. The number of sulfonamides is 1. The Kier molecular flexibility index (Phi) is 7.74. The minimum absolute atomic E-state index is 0.102. The predicted molar refractivity (Wildman–Crippen MR) is 143 cm³/mol. The first kappa shape index (κ1) is 25.9. The van der Waals surface area contributed by atoms with Crippen LogP contribution in [0.3, 0.4) is 0 Å². The van der Waals surface area contributed by atoms with Crippen LogP contribution in [0.2, 0.25) is 0 Å². The molecule has 1 fully saturated rings. The zero-order valence-corrected chi connectivity index (χ0v) is 23.0. The second-order valence-corrected chi connectivity index (χ2v) is 13.6. The van der Waals surface area contributed by atoms with Crippen molar-refractivity contribution >= 4 is 21.8 Å². The fraction of sp³-hybridized carbons (Fsp3) is 0.481. The van der Waals surface area contributed by atoms with E-state index in [1.807, 2.05) is 6.07 Å². The highest BCUT2D eigenvalue weighted by Crippen LogP contribution is 2.37. The van der Waals surface area contributed by atoms with Crippen molar-refractivity contribution in [2.45, 2.75) is 80.1 Å². The topological polar surface area (TPSA) is 68.1 Å². The van der Waals surface area contributed by atoms with Crippen LogP contribution in [0.25, 0.3) is 11.4 Å². The van der Waals surface area contributed by atoms with Crippen molar-refractivity contribution in [3.8, 4) is 11.4 Å². The van der Waals surface area contributed by atoms with Crippen molar-refractivity contribution in [2.75, 3.05) is 14.1 Å². The number of nitrogens with zero attached hydrogens (tertiary/aromatic N) is 4. The summed E-state index contributed by atoms with van der Waals surface area (Å²) >= 11 is 1.63. The van der Waals surface area contributed by atoms with Gasteiger partial charge in [0.1, 0.15) is 0 Å². The first-order valence-corrected chi connectivity index (χ1v) is 14.7. The number of thioether (sulfide) groups is 1. The molecule has 0 radical (unpaired) electrons. The Hall–Kier alpha value is -2.16. The van der Waals surface area contributed by atoms with Gasteiger partial charge in [0.15, 0.2) is 11.0 Å². The molecule has 1 heterocycles. The van der Waals surface area contributed by atoms with Crippen LogP contribution in [0.5, 0.6) is 0 Å². The van der Waals surface area contributed by atoms with Gasteiger partial charge in [-0.05, 0) is 41.5 Å². The summed E-state index contributed by atoms with van der Waals surface area (Å²) in [6.07, 6.45) is 5.99. The zero-order valence-electron chi connectivity index (χ0n) is 21.4. The van der Waals surface area contributed by atoms with Crippen molar-refractivity contribution in [2.24, 2.45) is 0 Å². The van der Waals surface area contributed by atoms with Crippen LogP contribution in [0.4, 0.5) is 0 Å². The maximum absolute atomic E-state index is 12.6. The molecule has 0 atom stereocenters. The van der Waals surface area contributed by atoms with E-state index in [0.29, 0.717) is 16.7 Å². The lowest BCUT2D eigenvalue weighted by Gasteiger charge is -2.26. The van der Waals surface area contributed by atoms with Crippen LogP contribution < -0.4 is 0 Å². The van der Waals surface area contributed by atoms with Crippen molar-refractivity contribution in [3.63, 3.8) is 0 Å². The van der Waals surface area contributed by atoms with E-state index in [9.17, 15) is 8.42 Å². The van der Waals surface area contributed by atoms with Gasteiger partial charge in [-0.25, -0.2) is 12.7 Å². The van der Waals surface area contributed by atoms with Gasteiger partial charge in [0, 0.05) is 31.5 Å². The number of hydrogen-bond acceptors (Lipinski definition) is 5. The Morgan fingerprint density at radius 1 is 1.00 bits per heavy atom. The van der Waals surface area contributed by atoms with Gasteiger partial charge in [0.25, 0.3) is 0 Å². The fourth-order valence-electron chi connectivity index (χ4n) is 4.51. The molecule has 0 unspecified atom stereocenters. The van der Waals surface area contributed by atoms with Crippen LogP contribution in [0.15, 0.2) is 58.6 Å². The summed E-state index contributed by atoms with van der Waals surface area (Å²) in [7, 11) is -0.354. The quantitative estimate of drug-likeness (QED) is 0.348. The van der Waals surface area contributed by atoms with Crippen molar-refractivity contribution in [1.29, 1.82) is 0 Å². The highest BCUT2D eigenvalue weighted by Gasteiger charge is 2.25. The Bertz CT molecular complexity index is 1250. The molecule has 3 aromatic rings. The molecule has 1 aromatic heterocycles. The first-order chi connectivity index (χ1) is 16.6. The molecule has 1 saturated carbocycles. The van der Waals surface area contributed by atoms with Crippen LogP contribution in [0, 0.1) is 0 Å². The van der Waals surface area contributed by atoms with Crippen LogP contribution in [0.1, 0.15) is 70.0 Å². The van der Waals surface area contributed by atoms with Gasteiger partial charge >= 0.3 is 0 Å². The molecule has 2 aromatic carbocycles. The Labute approximate surface area is 214 Å². The molecule has 0 N–H and O–H groups in total. The number of rotatable bonds is 7. The van der Waals surface area contributed by atoms with E-state index in [1.165, 1.54) is 29.1 Å². The second-order valence-electron chi connectivity index (χ2n) is 10.5. The first-order valence-electron chi connectivity index (χ1n) is 12.3. The van der Waals surface area contributed by atoms with Gasteiger partial charge in [-0.2, -0.15) is 0 Å². The smallest absolute Gasteiger partial charge is 0.242 e. The van der Waals surface area contributed by atoms with Crippen molar-refractivity contribution in [1.82, 2.24) is 19.1 Å². The summed E-state index contributed by atoms with van der Waals surface area (Å²) in [6, 6.07) is 16.3. The molecular weight excluding hydrogens is 476 g/mol. The molecule has 0 aliphatic heterocycles. The Morgan fingerprint density at radius 3 is 2.31 bits per heavy atom. The fourth-order valence-corrected chi connectivity index (χ4v) is 6.44. The molecule has 0 amide bonds. The maximum atomic E-state index is 12.6. The lowest BCUT2D eigenvalue weighted by molar-refractivity contribution is 0.339. The van der Waals surface area contributed by atoms with E-state index in [0.717, 1.165) is 34.9 Å². The Morgan fingerprint density at radius 2 is 1.69 bits per heavy atom. The number of aromatic nitrogens is 3. The van der Waals surface area contributed by atoms with Crippen LogP contribution in [-0.2, 0) is 21.2 Å². The lowest BCUT2D eigenvalue weighted by Crippen LogP contribution is -2.22. The summed E-state index contributed by atoms with van der Waals surface area (Å²) in [5, 5.41) is 10.1. The molecule has 35 heavy (non-hydrogen) atoms. The lowest BCUT2D eigenvalue weighted by atomic mass is 9.86. The molecule has 1 aliphatic rings. The minimum atomic E-state index is -3.46. The van der Waals surface area contributed by atoms with E-state index >= 15 is 0 Å². The van der Waals surface area contributed by atoms with E-state index in [-0.39, 0.29) is 5.41 Å². The predicted octanol–water partition coefficient (Wildman–Crippen LogP) is 6.29. The summed E-state index contributed by atoms with van der Waals surface area (Å²) in [5.41, 5.74) is 3.44. The summed E-state index contributed by atoms with van der Waals surface area (Å²) < 4.78 is 28.7. The van der Waals surface area contributed by atoms with E-state index in [1.54, 1.807) is 44.1 Å². The summed E-state index contributed by atoms with van der Waals surface area (Å²) in [4.78, 5) is 0.314. The molecule has 1 aliphatic carbocycles.